The van der Waals surface area contributed by atoms with Gasteiger partial charge in [-0.2, -0.15) is 10.2 Å². The molecule has 0 amide bonds. The second-order valence-electron chi connectivity index (χ2n) is 4.15. The number of hydrogen-bond acceptors (Lipinski definition) is 2. The normalized spacial score (nSPS) is 15.1. The standard InChI is InChI=1S/C12H20N2/c1-4-6-8-12(3,5-2)11-7-9-13-14-10-11/h7,9-10H,4-6,8H2,1-3H3. The highest BCUT2D eigenvalue weighted by Gasteiger charge is 2.23. The van der Waals surface area contributed by atoms with Crippen LogP contribution in [0.2, 0.25) is 0 Å². The van der Waals surface area contributed by atoms with Gasteiger partial charge in [0.15, 0.2) is 0 Å². The first-order valence-electron chi connectivity index (χ1n) is 5.50. The molecule has 0 saturated carbocycles. The van der Waals surface area contributed by atoms with Crippen molar-refractivity contribution in [2.75, 3.05) is 0 Å². The molecule has 0 spiro atoms. The van der Waals surface area contributed by atoms with Crippen molar-refractivity contribution in [2.24, 2.45) is 0 Å². The van der Waals surface area contributed by atoms with Crippen LogP contribution in [0.15, 0.2) is 18.5 Å². The summed E-state index contributed by atoms with van der Waals surface area (Å²) in [5.41, 5.74) is 1.61. The summed E-state index contributed by atoms with van der Waals surface area (Å²) in [6.45, 7) is 6.80. The molecule has 0 fully saturated rings. The Morgan fingerprint density at radius 3 is 2.57 bits per heavy atom. The van der Waals surface area contributed by atoms with E-state index in [0.717, 1.165) is 0 Å². The van der Waals surface area contributed by atoms with Crippen LogP contribution in [0.25, 0.3) is 0 Å². The third-order valence-corrected chi connectivity index (χ3v) is 3.14. The van der Waals surface area contributed by atoms with Crippen LogP contribution in [-0.2, 0) is 5.41 Å². The number of aromatic nitrogens is 2. The van der Waals surface area contributed by atoms with Crippen molar-refractivity contribution in [3.05, 3.63) is 24.0 Å². The Balaban J connectivity index is 2.79. The van der Waals surface area contributed by atoms with E-state index in [4.69, 9.17) is 0 Å². The summed E-state index contributed by atoms with van der Waals surface area (Å²) in [7, 11) is 0. The summed E-state index contributed by atoms with van der Waals surface area (Å²) >= 11 is 0. The molecule has 0 saturated heterocycles. The monoisotopic (exact) mass is 192 g/mol. The smallest absolute Gasteiger partial charge is 0.0533 e. The zero-order valence-electron chi connectivity index (χ0n) is 9.45. The Kier molecular flexibility index (Phi) is 4.05. The fraction of sp³-hybridized carbons (Fsp3) is 0.667. The van der Waals surface area contributed by atoms with Gasteiger partial charge in [0.05, 0.1) is 6.20 Å². The number of unbranched alkanes of at least 4 members (excludes halogenated alkanes) is 1. The summed E-state index contributed by atoms with van der Waals surface area (Å²) in [6, 6.07) is 2.09. The van der Waals surface area contributed by atoms with E-state index in [1.165, 1.54) is 31.2 Å². The van der Waals surface area contributed by atoms with E-state index in [9.17, 15) is 0 Å². The second-order valence-corrected chi connectivity index (χ2v) is 4.15. The Morgan fingerprint density at radius 1 is 1.29 bits per heavy atom. The molecule has 0 aliphatic carbocycles. The molecule has 0 radical (unpaired) electrons. The van der Waals surface area contributed by atoms with Gasteiger partial charge in [-0.1, -0.05) is 33.6 Å². The predicted molar refractivity (Wildman–Crippen MR) is 59.2 cm³/mol. The lowest BCUT2D eigenvalue weighted by Crippen LogP contribution is -2.21. The molecule has 1 unspecified atom stereocenters. The van der Waals surface area contributed by atoms with Gasteiger partial charge < -0.3 is 0 Å². The van der Waals surface area contributed by atoms with Crippen LogP contribution in [0.3, 0.4) is 0 Å². The molecule has 0 bridgehead atoms. The molecule has 14 heavy (non-hydrogen) atoms. The first kappa shape index (κ1) is 11.2. The molecule has 0 aromatic carbocycles. The molecule has 1 aromatic heterocycles. The first-order chi connectivity index (χ1) is 6.73. The van der Waals surface area contributed by atoms with Crippen molar-refractivity contribution in [1.82, 2.24) is 10.2 Å². The summed E-state index contributed by atoms with van der Waals surface area (Å²) in [6.07, 6.45) is 8.64. The molecule has 1 heterocycles. The van der Waals surface area contributed by atoms with Crippen LogP contribution in [0.4, 0.5) is 0 Å². The molecule has 1 aromatic rings. The van der Waals surface area contributed by atoms with Gasteiger partial charge in [0.2, 0.25) is 0 Å². The number of rotatable bonds is 5. The van der Waals surface area contributed by atoms with Gasteiger partial charge in [-0.15, -0.1) is 0 Å². The van der Waals surface area contributed by atoms with Crippen molar-refractivity contribution in [1.29, 1.82) is 0 Å². The maximum absolute atomic E-state index is 3.96. The minimum absolute atomic E-state index is 0.284. The third kappa shape index (κ3) is 2.53. The van der Waals surface area contributed by atoms with Gasteiger partial charge in [0, 0.05) is 6.20 Å². The minimum atomic E-state index is 0.284. The van der Waals surface area contributed by atoms with Crippen molar-refractivity contribution in [3.8, 4) is 0 Å². The topological polar surface area (TPSA) is 25.8 Å². The minimum Gasteiger partial charge on any atom is -0.159 e. The van der Waals surface area contributed by atoms with E-state index in [2.05, 4.69) is 37.0 Å². The summed E-state index contributed by atoms with van der Waals surface area (Å²) in [5.74, 6) is 0. The van der Waals surface area contributed by atoms with E-state index in [0.29, 0.717) is 0 Å². The molecule has 1 rings (SSSR count). The summed E-state index contributed by atoms with van der Waals surface area (Å²) in [5, 5.41) is 7.78. The first-order valence-corrected chi connectivity index (χ1v) is 5.50. The summed E-state index contributed by atoms with van der Waals surface area (Å²) < 4.78 is 0. The highest BCUT2D eigenvalue weighted by Crippen LogP contribution is 2.31. The highest BCUT2D eigenvalue weighted by atomic mass is 15.1. The van der Waals surface area contributed by atoms with Crippen molar-refractivity contribution in [2.45, 2.75) is 51.9 Å². The van der Waals surface area contributed by atoms with Crippen LogP contribution in [0.5, 0.6) is 0 Å². The van der Waals surface area contributed by atoms with Crippen molar-refractivity contribution >= 4 is 0 Å². The van der Waals surface area contributed by atoms with Gasteiger partial charge >= 0.3 is 0 Å². The zero-order chi connectivity index (χ0) is 10.4. The predicted octanol–water partition coefficient (Wildman–Crippen LogP) is 3.33. The van der Waals surface area contributed by atoms with E-state index in [1.54, 1.807) is 6.20 Å². The molecule has 78 valence electrons. The molecular formula is C12H20N2. The lowest BCUT2D eigenvalue weighted by molar-refractivity contribution is 0.401. The van der Waals surface area contributed by atoms with Gasteiger partial charge in [-0.25, -0.2) is 0 Å². The van der Waals surface area contributed by atoms with Gasteiger partial charge in [0.1, 0.15) is 0 Å². The Morgan fingerprint density at radius 2 is 2.07 bits per heavy atom. The molecule has 0 aliphatic heterocycles. The molecule has 2 heteroatoms. The lowest BCUT2D eigenvalue weighted by atomic mass is 9.77. The zero-order valence-corrected chi connectivity index (χ0v) is 9.45. The highest BCUT2D eigenvalue weighted by molar-refractivity contribution is 5.18. The van der Waals surface area contributed by atoms with Gasteiger partial charge in [-0.3, -0.25) is 0 Å². The summed E-state index contributed by atoms with van der Waals surface area (Å²) in [4.78, 5) is 0. The van der Waals surface area contributed by atoms with Crippen molar-refractivity contribution in [3.63, 3.8) is 0 Å². The Labute approximate surface area is 86.8 Å². The van der Waals surface area contributed by atoms with Crippen LogP contribution in [0, 0.1) is 0 Å². The largest absolute Gasteiger partial charge is 0.159 e. The second kappa shape index (κ2) is 5.08. The van der Waals surface area contributed by atoms with Crippen molar-refractivity contribution < 1.29 is 0 Å². The van der Waals surface area contributed by atoms with Gasteiger partial charge in [0.25, 0.3) is 0 Å². The SMILES string of the molecule is CCCCC(C)(CC)c1ccnnc1. The number of hydrogen-bond donors (Lipinski definition) is 0. The molecular weight excluding hydrogens is 172 g/mol. The van der Waals surface area contributed by atoms with Crippen LogP contribution < -0.4 is 0 Å². The Hall–Kier alpha value is -0.920. The van der Waals surface area contributed by atoms with Gasteiger partial charge in [-0.05, 0) is 29.9 Å². The maximum Gasteiger partial charge on any atom is 0.0533 e. The fourth-order valence-corrected chi connectivity index (χ4v) is 1.74. The average Bonchev–Trinajstić information content (AvgIpc) is 2.27. The fourth-order valence-electron chi connectivity index (χ4n) is 1.74. The van der Waals surface area contributed by atoms with E-state index < -0.39 is 0 Å². The van der Waals surface area contributed by atoms with E-state index in [-0.39, 0.29) is 5.41 Å². The lowest BCUT2D eigenvalue weighted by Gasteiger charge is -2.28. The third-order valence-electron chi connectivity index (χ3n) is 3.14. The van der Waals surface area contributed by atoms with Crippen LogP contribution >= 0.6 is 0 Å². The van der Waals surface area contributed by atoms with Crippen LogP contribution in [0.1, 0.15) is 52.0 Å². The quantitative estimate of drug-likeness (QED) is 0.715. The molecule has 0 aliphatic rings. The molecule has 2 nitrogen and oxygen atoms in total. The Bertz CT molecular complexity index is 258. The van der Waals surface area contributed by atoms with Crippen LogP contribution in [-0.4, -0.2) is 10.2 Å². The molecule has 0 N–H and O–H groups in total. The average molecular weight is 192 g/mol. The number of nitrogens with zero attached hydrogens (tertiary/aromatic N) is 2. The maximum atomic E-state index is 3.96. The molecule has 1 atom stereocenters. The van der Waals surface area contributed by atoms with E-state index in [1.807, 2.05) is 6.20 Å². The van der Waals surface area contributed by atoms with E-state index >= 15 is 0 Å².